The van der Waals surface area contributed by atoms with Gasteiger partial charge in [0.2, 0.25) is 5.95 Å². The lowest BCUT2D eigenvalue weighted by Gasteiger charge is -2.35. The number of rotatable bonds is 7. The van der Waals surface area contributed by atoms with Gasteiger partial charge < -0.3 is 20.6 Å². The van der Waals surface area contributed by atoms with Crippen molar-refractivity contribution in [3.8, 4) is 11.1 Å². The third-order valence-electron chi connectivity index (χ3n) is 6.35. The normalized spacial score (nSPS) is 14.4. The number of aliphatic hydroxyl groups is 1. The Morgan fingerprint density at radius 3 is 2.47 bits per heavy atom. The SMILES string of the molecule is CNc1cccc(-c2cccc3cnc(Nc4ccc(N5CCN(CCO)CC5)cc4)nc23)c1. The van der Waals surface area contributed by atoms with Gasteiger partial charge in [0.25, 0.3) is 0 Å². The second-order valence-corrected chi connectivity index (χ2v) is 8.49. The Balaban J connectivity index is 1.34. The number of fused-ring (bicyclic) bond motifs is 1. The zero-order valence-corrected chi connectivity index (χ0v) is 19.4. The highest BCUT2D eigenvalue weighted by atomic mass is 16.3. The molecule has 0 atom stereocenters. The summed E-state index contributed by atoms with van der Waals surface area (Å²) < 4.78 is 0. The summed E-state index contributed by atoms with van der Waals surface area (Å²) in [6, 6.07) is 22.9. The van der Waals surface area contributed by atoms with Crippen molar-refractivity contribution in [2.75, 3.05) is 61.9 Å². The Morgan fingerprint density at radius 2 is 1.71 bits per heavy atom. The first kappa shape index (κ1) is 22.1. The van der Waals surface area contributed by atoms with Crippen molar-refractivity contribution in [3.63, 3.8) is 0 Å². The number of hydrogen-bond acceptors (Lipinski definition) is 7. The van der Waals surface area contributed by atoms with Gasteiger partial charge >= 0.3 is 0 Å². The fourth-order valence-electron chi connectivity index (χ4n) is 4.45. The van der Waals surface area contributed by atoms with Crippen molar-refractivity contribution in [2.24, 2.45) is 0 Å². The van der Waals surface area contributed by atoms with Crippen molar-refractivity contribution >= 4 is 33.9 Å². The summed E-state index contributed by atoms with van der Waals surface area (Å²) in [5.74, 6) is 0.579. The van der Waals surface area contributed by atoms with Crippen LogP contribution in [0.2, 0.25) is 0 Å². The lowest BCUT2D eigenvalue weighted by Crippen LogP contribution is -2.47. The fraction of sp³-hybridized carbons (Fsp3) is 0.259. The molecule has 0 unspecified atom stereocenters. The number of aromatic nitrogens is 2. The molecule has 7 nitrogen and oxygen atoms in total. The summed E-state index contributed by atoms with van der Waals surface area (Å²) in [5, 5.41) is 16.7. The molecule has 3 aromatic carbocycles. The Hall–Kier alpha value is -3.68. The zero-order valence-electron chi connectivity index (χ0n) is 19.4. The molecular formula is C27H30N6O. The zero-order chi connectivity index (χ0) is 23.3. The van der Waals surface area contributed by atoms with E-state index >= 15 is 0 Å². The molecule has 0 saturated carbocycles. The van der Waals surface area contributed by atoms with E-state index in [1.807, 2.05) is 25.4 Å². The van der Waals surface area contributed by atoms with Gasteiger partial charge in [0.1, 0.15) is 0 Å². The molecule has 0 amide bonds. The van der Waals surface area contributed by atoms with Gasteiger partial charge in [-0.3, -0.25) is 4.90 Å². The van der Waals surface area contributed by atoms with Crippen molar-refractivity contribution in [2.45, 2.75) is 0 Å². The first-order valence-electron chi connectivity index (χ1n) is 11.7. The minimum atomic E-state index is 0.223. The van der Waals surface area contributed by atoms with Crippen LogP contribution in [0.5, 0.6) is 0 Å². The number of piperazine rings is 1. The molecule has 2 heterocycles. The topological polar surface area (TPSA) is 76.6 Å². The average molecular weight is 455 g/mol. The molecule has 1 fully saturated rings. The van der Waals surface area contributed by atoms with E-state index in [0.717, 1.165) is 66.1 Å². The van der Waals surface area contributed by atoms with Crippen LogP contribution in [0.1, 0.15) is 0 Å². The van der Waals surface area contributed by atoms with Crippen LogP contribution in [-0.2, 0) is 0 Å². The van der Waals surface area contributed by atoms with E-state index in [1.54, 1.807) is 0 Å². The van der Waals surface area contributed by atoms with Crippen LogP contribution in [0.15, 0.2) is 72.9 Å². The molecule has 4 aromatic rings. The standard InChI is InChI=1S/C27H30N6O/c1-28-23-6-2-4-20(18-23)25-7-3-5-21-19-29-27(31-26(21)25)30-22-8-10-24(11-9-22)33-14-12-32(13-15-33)16-17-34/h2-11,18-19,28,34H,12-17H2,1H3,(H,29,30,31). The van der Waals surface area contributed by atoms with E-state index < -0.39 is 0 Å². The van der Waals surface area contributed by atoms with E-state index in [0.29, 0.717) is 5.95 Å². The number of nitrogens with zero attached hydrogens (tertiary/aromatic N) is 4. The van der Waals surface area contributed by atoms with E-state index in [-0.39, 0.29) is 6.61 Å². The van der Waals surface area contributed by atoms with Gasteiger partial charge in [-0.15, -0.1) is 0 Å². The second kappa shape index (κ2) is 10.1. The number of hydrogen-bond donors (Lipinski definition) is 3. The number of para-hydroxylation sites is 1. The van der Waals surface area contributed by atoms with Crippen molar-refractivity contribution in [1.29, 1.82) is 0 Å². The van der Waals surface area contributed by atoms with Gasteiger partial charge in [0.15, 0.2) is 0 Å². The van der Waals surface area contributed by atoms with Crippen LogP contribution in [0.3, 0.4) is 0 Å². The molecule has 174 valence electrons. The summed E-state index contributed by atoms with van der Waals surface area (Å²) in [6.07, 6.45) is 1.87. The predicted molar refractivity (Wildman–Crippen MR) is 140 cm³/mol. The third kappa shape index (κ3) is 4.81. The molecule has 0 spiro atoms. The first-order valence-corrected chi connectivity index (χ1v) is 11.7. The molecule has 1 aliphatic heterocycles. The van der Waals surface area contributed by atoms with Gasteiger partial charge in [0, 0.05) is 74.0 Å². The van der Waals surface area contributed by atoms with Crippen LogP contribution in [0.25, 0.3) is 22.0 Å². The van der Waals surface area contributed by atoms with Crippen LogP contribution >= 0.6 is 0 Å². The number of β-amino-alcohol motifs (C(OH)–C–C–N with tert-alkyl or cyclic N) is 1. The second-order valence-electron chi connectivity index (χ2n) is 8.49. The molecule has 1 aliphatic rings. The molecule has 0 aliphatic carbocycles. The smallest absolute Gasteiger partial charge is 0.227 e. The minimum Gasteiger partial charge on any atom is -0.395 e. The van der Waals surface area contributed by atoms with Crippen LogP contribution < -0.4 is 15.5 Å². The fourth-order valence-corrected chi connectivity index (χ4v) is 4.45. The maximum absolute atomic E-state index is 9.13. The molecular weight excluding hydrogens is 424 g/mol. The Kier molecular flexibility index (Phi) is 6.56. The maximum Gasteiger partial charge on any atom is 0.227 e. The molecule has 3 N–H and O–H groups in total. The van der Waals surface area contributed by atoms with Crippen molar-refractivity contribution in [3.05, 3.63) is 72.9 Å². The van der Waals surface area contributed by atoms with Crippen LogP contribution in [-0.4, -0.2) is 66.4 Å². The highest BCUT2D eigenvalue weighted by molar-refractivity contribution is 5.94. The van der Waals surface area contributed by atoms with Crippen LogP contribution in [0, 0.1) is 0 Å². The molecule has 0 radical (unpaired) electrons. The predicted octanol–water partition coefficient (Wildman–Crippen LogP) is 4.20. The van der Waals surface area contributed by atoms with Gasteiger partial charge in [-0.05, 0) is 42.0 Å². The molecule has 7 heteroatoms. The summed E-state index contributed by atoms with van der Waals surface area (Å²) in [7, 11) is 1.93. The van der Waals surface area contributed by atoms with Crippen molar-refractivity contribution in [1.82, 2.24) is 14.9 Å². The first-order chi connectivity index (χ1) is 16.7. The van der Waals surface area contributed by atoms with E-state index in [9.17, 15) is 0 Å². The molecule has 1 saturated heterocycles. The van der Waals surface area contributed by atoms with E-state index in [4.69, 9.17) is 10.1 Å². The molecule has 34 heavy (non-hydrogen) atoms. The third-order valence-corrected chi connectivity index (χ3v) is 6.35. The Morgan fingerprint density at radius 1 is 0.912 bits per heavy atom. The van der Waals surface area contributed by atoms with Gasteiger partial charge in [-0.1, -0.05) is 30.3 Å². The minimum absolute atomic E-state index is 0.223. The maximum atomic E-state index is 9.13. The van der Waals surface area contributed by atoms with E-state index in [2.05, 4.69) is 80.0 Å². The molecule has 5 rings (SSSR count). The Labute approximate surface area is 200 Å². The lowest BCUT2D eigenvalue weighted by atomic mass is 10.0. The van der Waals surface area contributed by atoms with Gasteiger partial charge in [-0.2, -0.15) is 0 Å². The summed E-state index contributed by atoms with van der Waals surface area (Å²) in [4.78, 5) is 14.1. The Bertz CT molecular complexity index is 1250. The van der Waals surface area contributed by atoms with Crippen LogP contribution in [0.4, 0.5) is 23.0 Å². The average Bonchev–Trinajstić information content (AvgIpc) is 2.89. The van der Waals surface area contributed by atoms with Gasteiger partial charge in [0.05, 0.1) is 12.1 Å². The van der Waals surface area contributed by atoms with E-state index in [1.165, 1.54) is 5.69 Å². The molecule has 1 aromatic heterocycles. The summed E-state index contributed by atoms with van der Waals surface area (Å²) in [6.45, 7) is 4.87. The summed E-state index contributed by atoms with van der Waals surface area (Å²) >= 11 is 0. The number of anilines is 4. The monoisotopic (exact) mass is 454 g/mol. The molecule has 0 bridgehead atoms. The summed E-state index contributed by atoms with van der Waals surface area (Å²) in [5.41, 5.74) is 6.35. The number of nitrogens with one attached hydrogen (secondary N) is 2. The quantitative estimate of drug-likeness (QED) is 0.386. The lowest BCUT2D eigenvalue weighted by molar-refractivity contribution is 0.189. The highest BCUT2D eigenvalue weighted by Gasteiger charge is 2.16. The largest absolute Gasteiger partial charge is 0.395 e. The van der Waals surface area contributed by atoms with Gasteiger partial charge in [-0.25, -0.2) is 9.97 Å². The number of benzene rings is 3. The highest BCUT2D eigenvalue weighted by Crippen LogP contribution is 2.30. The van der Waals surface area contributed by atoms with Crippen molar-refractivity contribution < 1.29 is 5.11 Å². The number of aliphatic hydroxyl groups excluding tert-OH is 1.